The van der Waals surface area contributed by atoms with Crippen molar-refractivity contribution in [1.29, 1.82) is 0 Å². The third-order valence-corrected chi connectivity index (χ3v) is 14.8. The lowest BCUT2D eigenvalue weighted by Gasteiger charge is -2.37. The molecule has 0 radical (unpaired) electrons. The van der Waals surface area contributed by atoms with Gasteiger partial charge in [0.25, 0.3) is 0 Å². The molecule has 4 rings (SSSR count). The van der Waals surface area contributed by atoms with Crippen molar-refractivity contribution in [2.45, 2.75) is 64.6 Å². The van der Waals surface area contributed by atoms with E-state index < -0.39 is 8.07 Å². The highest BCUT2D eigenvalue weighted by molar-refractivity contribution is 7.15. The zero-order chi connectivity index (χ0) is 20.3. The van der Waals surface area contributed by atoms with Crippen molar-refractivity contribution in [3.8, 4) is 16.9 Å². The molecular weight excluding hydrogens is 396 g/mol. The van der Waals surface area contributed by atoms with Crippen LogP contribution in [0.25, 0.3) is 11.1 Å². The lowest BCUT2D eigenvalue weighted by atomic mass is 9.84. The van der Waals surface area contributed by atoms with Gasteiger partial charge in [0.05, 0.1) is 0 Å². The van der Waals surface area contributed by atoms with Crippen LogP contribution in [0, 0.1) is 6.92 Å². The van der Waals surface area contributed by atoms with Gasteiger partial charge in [-0.3, -0.25) is 0 Å². The predicted octanol–water partition coefficient (Wildman–Crippen LogP) is 7.17. The summed E-state index contributed by atoms with van der Waals surface area (Å²) in [5.74, 6) is 0.522. The van der Waals surface area contributed by atoms with E-state index in [4.69, 9.17) is 0 Å². The van der Waals surface area contributed by atoms with E-state index in [1.54, 1.807) is 0 Å². The largest absolute Gasteiger partial charge is 0.508 e. The summed E-state index contributed by atoms with van der Waals surface area (Å²) in [7, 11) is -2.00. The molecule has 1 nitrogen and oxygen atoms in total. The maximum absolute atomic E-state index is 11.3. The highest BCUT2D eigenvalue weighted by Crippen LogP contribution is 2.55. The molecule has 0 spiro atoms. The Bertz CT molecular complexity index is 977. The van der Waals surface area contributed by atoms with E-state index in [9.17, 15) is 5.11 Å². The third-order valence-electron chi connectivity index (χ3n) is 6.71. The van der Waals surface area contributed by atoms with Crippen molar-refractivity contribution >= 4 is 35.9 Å². The van der Waals surface area contributed by atoms with Crippen LogP contribution in [0.15, 0.2) is 35.0 Å². The monoisotopic (exact) mass is 426 g/mol. The predicted molar refractivity (Wildman–Crippen MR) is 127 cm³/mol. The van der Waals surface area contributed by atoms with Crippen LogP contribution >= 0.6 is 22.7 Å². The number of aromatic hydroxyl groups is 1. The van der Waals surface area contributed by atoms with Gasteiger partial charge in [0, 0.05) is 15.3 Å². The number of hydrogen-bond donors (Lipinski definition) is 1. The van der Waals surface area contributed by atoms with Crippen LogP contribution in [0.1, 0.15) is 61.0 Å². The Hall–Kier alpha value is -1.36. The normalized spacial score (nSPS) is 14.4. The first kappa shape index (κ1) is 19.9. The van der Waals surface area contributed by atoms with Crippen LogP contribution < -0.4 is 5.19 Å². The van der Waals surface area contributed by atoms with E-state index in [1.807, 2.05) is 22.7 Å². The van der Waals surface area contributed by atoms with Crippen LogP contribution in [-0.4, -0.2) is 13.2 Å². The van der Waals surface area contributed by atoms with Gasteiger partial charge >= 0.3 is 0 Å². The fourth-order valence-corrected chi connectivity index (χ4v) is 13.7. The van der Waals surface area contributed by atoms with Crippen LogP contribution in [0.3, 0.4) is 0 Å². The molecule has 1 aromatic carbocycles. The number of hydrogen-bond acceptors (Lipinski definition) is 3. The van der Waals surface area contributed by atoms with E-state index in [0.717, 1.165) is 12.1 Å². The maximum Gasteiger partial charge on any atom is 0.115 e. The summed E-state index contributed by atoms with van der Waals surface area (Å²) >= 11 is 3.82. The minimum Gasteiger partial charge on any atom is -0.508 e. The number of phenols is 1. The number of phenolic OH excluding ortho intramolecular Hbond substituents is 1. The summed E-state index contributed by atoms with van der Waals surface area (Å²) < 4.78 is 0. The molecule has 1 aliphatic rings. The molecule has 3 aromatic rings. The quantitative estimate of drug-likeness (QED) is 0.438. The van der Waals surface area contributed by atoms with Crippen molar-refractivity contribution in [2.24, 2.45) is 0 Å². The SMILES string of the molecule is CC[Si](CC)(c1cc(C)c(C(C)(C)C)cc1O)C1c2sccc2-c2ccsc21. The van der Waals surface area contributed by atoms with Crippen LogP contribution in [0.2, 0.25) is 12.1 Å². The summed E-state index contributed by atoms with van der Waals surface area (Å²) in [4.78, 5) is 3.07. The second kappa shape index (κ2) is 6.86. The highest BCUT2D eigenvalue weighted by atomic mass is 32.1. The first-order valence-electron chi connectivity index (χ1n) is 10.2. The molecule has 28 heavy (non-hydrogen) atoms. The van der Waals surface area contributed by atoms with Gasteiger partial charge in [-0.1, -0.05) is 52.8 Å². The molecule has 2 heterocycles. The smallest absolute Gasteiger partial charge is 0.115 e. The number of aryl methyl sites for hydroxylation is 1. The molecule has 0 atom stereocenters. The molecule has 0 fully saturated rings. The average molecular weight is 427 g/mol. The van der Waals surface area contributed by atoms with Gasteiger partial charge in [-0.25, -0.2) is 0 Å². The van der Waals surface area contributed by atoms with Crippen molar-refractivity contribution in [1.82, 2.24) is 0 Å². The van der Waals surface area contributed by atoms with E-state index in [1.165, 1.54) is 37.2 Å². The molecule has 0 saturated carbocycles. The molecule has 2 aromatic heterocycles. The first-order valence-corrected chi connectivity index (χ1v) is 14.5. The Morgan fingerprint density at radius 3 is 1.96 bits per heavy atom. The van der Waals surface area contributed by atoms with E-state index >= 15 is 0 Å². The summed E-state index contributed by atoms with van der Waals surface area (Å²) in [5, 5.41) is 17.0. The Morgan fingerprint density at radius 2 is 1.50 bits per heavy atom. The van der Waals surface area contributed by atoms with Gasteiger partial charge in [-0.2, -0.15) is 0 Å². The lowest BCUT2D eigenvalue weighted by molar-refractivity contribution is 0.474. The van der Waals surface area contributed by atoms with E-state index in [2.05, 4.69) is 76.6 Å². The first-order chi connectivity index (χ1) is 13.2. The Kier molecular flexibility index (Phi) is 4.88. The van der Waals surface area contributed by atoms with Crippen molar-refractivity contribution in [3.63, 3.8) is 0 Å². The molecule has 0 amide bonds. The maximum atomic E-state index is 11.3. The summed E-state index contributed by atoms with van der Waals surface area (Å²) in [6, 6.07) is 11.3. The number of benzene rings is 1. The van der Waals surface area contributed by atoms with Gasteiger partial charge in [0.15, 0.2) is 0 Å². The number of thiophene rings is 2. The van der Waals surface area contributed by atoms with Crippen molar-refractivity contribution in [3.05, 3.63) is 55.9 Å². The Balaban J connectivity index is 1.95. The summed E-state index contributed by atoms with van der Waals surface area (Å²) in [5.41, 5.74) is 5.95. The Morgan fingerprint density at radius 1 is 0.964 bits per heavy atom. The van der Waals surface area contributed by atoms with Crippen LogP contribution in [-0.2, 0) is 5.41 Å². The summed E-state index contributed by atoms with van der Waals surface area (Å²) in [6.45, 7) is 13.6. The topological polar surface area (TPSA) is 20.2 Å². The molecule has 0 bridgehead atoms. The molecule has 0 unspecified atom stereocenters. The summed E-state index contributed by atoms with van der Waals surface area (Å²) in [6.07, 6.45) is 0. The van der Waals surface area contributed by atoms with Crippen molar-refractivity contribution in [2.75, 3.05) is 0 Å². The standard InChI is InChI=1S/C24H30OS2Si/c1-7-28(8-2,20-13-15(3)18(14-19(20)25)24(4,5)6)23-21-16(9-11-26-21)17-10-12-27-22(17)23/h9-14,23,25H,7-8H2,1-6H3. The number of rotatable bonds is 4. The molecule has 0 aliphatic heterocycles. The Labute approximate surface area is 178 Å². The van der Waals surface area contributed by atoms with Gasteiger partial charge in [0.2, 0.25) is 0 Å². The van der Waals surface area contributed by atoms with Crippen LogP contribution in [0.5, 0.6) is 5.75 Å². The van der Waals surface area contributed by atoms with E-state index in [-0.39, 0.29) is 5.41 Å². The third kappa shape index (κ3) is 2.76. The van der Waals surface area contributed by atoms with Crippen LogP contribution in [0.4, 0.5) is 0 Å². The van der Waals surface area contributed by atoms with Gasteiger partial charge in [-0.05, 0) is 68.7 Å². The number of fused-ring (bicyclic) bond motifs is 3. The van der Waals surface area contributed by atoms with E-state index in [0.29, 0.717) is 11.3 Å². The zero-order valence-electron chi connectivity index (χ0n) is 17.7. The van der Waals surface area contributed by atoms with Gasteiger partial charge in [-0.15, -0.1) is 22.7 Å². The fourth-order valence-electron chi connectivity index (χ4n) is 5.25. The second-order valence-corrected chi connectivity index (χ2v) is 15.9. The molecule has 4 heteroatoms. The molecule has 1 N–H and O–H groups in total. The minimum absolute atomic E-state index is 0.0396. The zero-order valence-corrected chi connectivity index (χ0v) is 20.4. The lowest BCUT2D eigenvalue weighted by Crippen LogP contribution is -2.52. The van der Waals surface area contributed by atoms with Gasteiger partial charge < -0.3 is 5.11 Å². The molecule has 1 aliphatic carbocycles. The minimum atomic E-state index is -2.00. The molecule has 0 saturated heterocycles. The second-order valence-electron chi connectivity index (χ2n) is 9.13. The van der Waals surface area contributed by atoms with Gasteiger partial charge in [0.1, 0.15) is 13.8 Å². The highest BCUT2D eigenvalue weighted by Gasteiger charge is 2.49. The van der Waals surface area contributed by atoms with Crippen molar-refractivity contribution < 1.29 is 5.11 Å². The fraction of sp³-hybridized carbons (Fsp3) is 0.417. The average Bonchev–Trinajstić information content (AvgIpc) is 3.33. The molecular formula is C24H30OS2Si. The molecule has 148 valence electrons.